The monoisotopic (exact) mass is 231 g/mol. The number of aliphatic imine (C=N–C) groups is 1. The molecule has 0 saturated carbocycles. The maximum absolute atomic E-state index is 10.8. The van der Waals surface area contributed by atoms with E-state index in [0.717, 1.165) is 30.7 Å². The third-order valence-electron chi connectivity index (χ3n) is 2.08. The van der Waals surface area contributed by atoms with E-state index in [1.165, 1.54) is 7.11 Å². The van der Waals surface area contributed by atoms with Gasteiger partial charge in [-0.2, -0.15) is 0 Å². The molecular weight excluding hydrogens is 210 g/mol. The number of nitro groups is 1. The molecule has 0 atom stereocenters. The number of methoxy groups -OCH3 is 1. The van der Waals surface area contributed by atoms with Crippen LogP contribution in [0.1, 0.15) is 39.5 Å². The Morgan fingerprint density at radius 2 is 2.00 bits per heavy atom. The normalized spacial score (nSPS) is 11.3. The Hall–Kier alpha value is -1.33. The van der Waals surface area contributed by atoms with Crippen LogP contribution in [0.3, 0.4) is 0 Å². The van der Waals surface area contributed by atoms with Crippen LogP contribution in [0, 0.1) is 10.1 Å². The molecule has 0 N–H and O–H groups in total. The van der Waals surface area contributed by atoms with Crippen LogP contribution in [-0.2, 0) is 4.74 Å². The summed E-state index contributed by atoms with van der Waals surface area (Å²) in [4.78, 5) is 14.9. The molecule has 0 aliphatic rings. The van der Waals surface area contributed by atoms with Crippen molar-refractivity contribution >= 4 is 6.02 Å². The Bertz CT molecular complexity index is 231. The smallest absolute Gasteiger partial charge is 0.347 e. The molecule has 0 heterocycles. The van der Waals surface area contributed by atoms with Gasteiger partial charge in [-0.15, -0.1) is 0 Å². The lowest BCUT2D eigenvalue weighted by molar-refractivity contribution is -0.632. The molecule has 0 bridgehead atoms. The molecule has 0 aromatic carbocycles. The second-order valence-corrected chi connectivity index (χ2v) is 3.44. The zero-order valence-electron chi connectivity index (χ0n) is 10.3. The topological polar surface area (TPSA) is 68.0 Å². The van der Waals surface area contributed by atoms with Crippen LogP contribution in [0.4, 0.5) is 0 Å². The summed E-state index contributed by atoms with van der Waals surface area (Å²) in [5.41, 5.74) is 0. The minimum Gasteiger partial charge on any atom is -0.465 e. The van der Waals surface area contributed by atoms with Crippen LogP contribution in [0.2, 0.25) is 0 Å². The van der Waals surface area contributed by atoms with E-state index >= 15 is 0 Å². The number of unbranched alkanes of at least 4 members (excludes halogenated alkanes) is 2. The van der Waals surface area contributed by atoms with Crippen LogP contribution in [0.25, 0.3) is 0 Å². The van der Waals surface area contributed by atoms with E-state index in [1.807, 2.05) is 13.8 Å². The number of hydrogen-bond donors (Lipinski definition) is 0. The summed E-state index contributed by atoms with van der Waals surface area (Å²) < 4.78 is 4.95. The highest BCUT2D eigenvalue weighted by molar-refractivity contribution is 5.72. The molecule has 0 aromatic heterocycles. The van der Waals surface area contributed by atoms with Crippen molar-refractivity contribution in [2.24, 2.45) is 4.99 Å². The minimum absolute atomic E-state index is 0.104. The fraction of sp³-hybridized carbons (Fsp3) is 0.900. The molecule has 6 nitrogen and oxygen atoms in total. The van der Waals surface area contributed by atoms with Gasteiger partial charge < -0.3 is 4.74 Å². The van der Waals surface area contributed by atoms with Gasteiger partial charge in [0.2, 0.25) is 0 Å². The van der Waals surface area contributed by atoms with E-state index in [1.54, 1.807) is 0 Å². The summed E-state index contributed by atoms with van der Waals surface area (Å²) >= 11 is 0. The van der Waals surface area contributed by atoms with Gasteiger partial charge in [0.15, 0.2) is 5.03 Å². The van der Waals surface area contributed by atoms with Crippen molar-refractivity contribution in [3.05, 3.63) is 10.1 Å². The van der Waals surface area contributed by atoms with Crippen molar-refractivity contribution in [1.82, 2.24) is 5.01 Å². The van der Waals surface area contributed by atoms with E-state index in [-0.39, 0.29) is 6.02 Å². The van der Waals surface area contributed by atoms with Gasteiger partial charge in [0, 0.05) is 6.54 Å². The molecule has 0 aliphatic heterocycles. The molecule has 0 aromatic rings. The summed E-state index contributed by atoms with van der Waals surface area (Å²) in [6.45, 7) is 4.93. The molecule has 0 spiro atoms. The predicted octanol–water partition coefficient (Wildman–Crippen LogP) is 2.08. The summed E-state index contributed by atoms with van der Waals surface area (Å²) in [6, 6.07) is 0.104. The molecule has 0 saturated heterocycles. The molecule has 6 heteroatoms. The Balaban J connectivity index is 4.44. The summed E-state index contributed by atoms with van der Waals surface area (Å²) in [6.07, 6.45) is 3.56. The average Bonchev–Trinajstić information content (AvgIpc) is 2.26. The van der Waals surface area contributed by atoms with Gasteiger partial charge in [0.25, 0.3) is 0 Å². The van der Waals surface area contributed by atoms with E-state index in [0.29, 0.717) is 13.1 Å². The summed E-state index contributed by atoms with van der Waals surface area (Å²) in [5, 5.41) is 11.3. The maximum Gasteiger partial charge on any atom is 0.347 e. The largest absolute Gasteiger partial charge is 0.465 e. The molecule has 0 amide bonds. The van der Waals surface area contributed by atoms with Crippen molar-refractivity contribution in [3.8, 4) is 0 Å². The van der Waals surface area contributed by atoms with Gasteiger partial charge in [-0.05, 0) is 17.9 Å². The lowest BCUT2D eigenvalue weighted by Gasteiger charge is -2.14. The van der Waals surface area contributed by atoms with E-state index < -0.39 is 5.03 Å². The van der Waals surface area contributed by atoms with Gasteiger partial charge in [0.1, 0.15) is 0 Å². The van der Waals surface area contributed by atoms with Crippen LogP contribution in [0.15, 0.2) is 4.99 Å². The Labute approximate surface area is 96.4 Å². The Kier molecular flexibility index (Phi) is 8.19. The number of nitrogens with zero attached hydrogens (tertiary/aromatic N) is 3. The molecule has 0 radical (unpaired) electrons. The second kappa shape index (κ2) is 8.94. The molecule has 16 heavy (non-hydrogen) atoms. The minimum atomic E-state index is -0.468. The average molecular weight is 231 g/mol. The Morgan fingerprint density at radius 1 is 1.38 bits per heavy atom. The highest BCUT2D eigenvalue weighted by Gasteiger charge is 2.21. The van der Waals surface area contributed by atoms with Crippen LogP contribution >= 0.6 is 0 Å². The third-order valence-corrected chi connectivity index (χ3v) is 2.08. The van der Waals surface area contributed by atoms with Gasteiger partial charge in [-0.25, -0.2) is 15.1 Å². The maximum atomic E-state index is 10.8. The molecule has 0 fully saturated rings. The molecular formula is C10H21N3O3. The molecule has 0 rings (SSSR count). The standard InChI is InChI=1S/C10H21N3O3/c1-4-6-8-11-10(16-3)12(13(14)15)9-7-5-2/h4-9H2,1-3H3. The van der Waals surface area contributed by atoms with Crippen molar-refractivity contribution in [1.29, 1.82) is 0 Å². The number of rotatable bonds is 7. The van der Waals surface area contributed by atoms with Crippen molar-refractivity contribution in [2.45, 2.75) is 39.5 Å². The van der Waals surface area contributed by atoms with Crippen LogP contribution < -0.4 is 0 Å². The second-order valence-electron chi connectivity index (χ2n) is 3.44. The molecule has 0 aliphatic carbocycles. The van der Waals surface area contributed by atoms with E-state index in [4.69, 9.17) is 4.74 Å². The molecule has 94 valence electrons. The molecule has 0 unspecified atom stereocenters. The highest BCUT2D eigenvalue weighted by Crippen LogP contribution is 2.00. The first-order valence-corrected chi connectivity index (χ1v) is 5.67. The highest BCUT2D eigenvalue weighted by atomic mass is 16.7. The third kappa shape index (κ3) is 5.53. The number of hydrogen-bond acceptors (Lipinski definition) is 4. The summed E-state index contributed by atoms with van der Waals surface area (Å²) in [5.74, 6) is 0. The zero-order chi connectivity index (χ0) is 12.4. The predicted molar refractivity (Wildman–Crippen MR) is 62.8 cm³/mol. The fourth-order valence-electron chi connectivity index (χ4n) is 1.14. The summed E-state index contributed by atoms with van der Waals surface area (Å²) in [7, 11) is 1.41. The van der Waals surface area contributed by atoms with Gasteiger partial charge in [-0.1, -0.05) is 26.7 Å². The fourth-order valence-corrected chi connectivity index (χ4v) is 1.14. The quantitative estimate of drug-likeness (QED) is 0.221. The first-order valence-electron chi connectivity index (χ1n) is 5.67. The van der Waals surface area contributed by atoms with Crippen molar-refractivity contribution in [2.75, 3.05) is 20.2 Å². The SMILES string of the molecule is CCCCN=C(OC)N(CCCC)[N+](=O)[O-]. The first-order chi connectivity index (χ1) is 7.67. The number of hydrazine groups is 1. The van der Waals surface area contributed by atoms with E-state index in [2.05, 4.69) is 4.99 Å². The van der Waals surface area contributed by atoms with Gasteiger partial charge in [0.05, 0.1) is 13.7 Å². The van der Waals surface area contributed by atoms with Crippen LogP contribution in [0.5, 0.6) is 0 Å². The van der Waals surface area contributed by atoms with Crippen molar-refractivity contribution < 1.29 is 9.77 Å². The lowest BCUT2D eigenvalue weighted by Crippen LogP contribution is -2.38. The van der Waals surface area contributed by atoms with Crippen molar-refractivity contribution in [3.63, 3.8) is 0 Å². The number of amidine groups is 1. The van der Waals surface area contributed by atoms with Gasteiger partial charge >= 0.3 is 6.02 Å². The van der Waals surface area contributed by atoms with E-state index in [9.17, 15) is 10.1 Å². The van der Waals surface area contributed by atoms with Crippen LogP contribution in [-0.4, -0.2) is 36.3 Å². The Morgan fingerprint density at radius 3 is 2.44 bits per heavy atom. The lowest BCUT2D eigenvalue weighted by atomic mass is 10.3. The first kappa shape index (κ1) is 14.7. The zero-order valence-corrected chi connectivity index (χ0v) is 10.3. The van der Waals surface area contributed by atoms with Gasteiger partial charge in [-0.3, -0.25) is 0 Å². The number of ether oxygens (including phenoxy) is 1.